The van der Waals surface area contributed by atoms with Crippen molar-refractivity contribution >= 4 is 44.2 Å². The summed E-state index contributed by atoms with van der Waals surface area (Å²) in [5, 5.41) is 5.13. The van der Waals surface area contributed by atoms with E-state index in [4.69, 9.17) is 0 Å². The van der Waals surface area contributed by atoms with E-state index in [1.807, 2.05) is 44.2 Å². The second kappa shape index (κ2) is 9.43. The lowest BCUT2D eigenvalue weighted by atomic mass is 10.1. The molecule has 0 aromatic heterocycles. The summed E-state index contributed by atoms with van der Waals surface area (Å²) < 4.78 is 26.4. The molecule has 1 N–H and O–H groups in total. The average molecular weight is 429 g/mol. The number of fused-ring (bicyclic) bond motifs is 1. The van der Waals surface area contributed by atoms with E-state index >= 15 is 0 Å². The summed E-state index contributed by atoms with van der Waals surface area (Å²) in [5.74, 6) is 0.139. The summed E-state index contributed by atoms with van der Waals surface area (Å²) in [6, 6.07) is 20.5. The quantitative estimate of drug-likeness (QED) is 0.533. The molecule has 3 rings (SSSR count). The summed E-state index contributed by atoms with van der Waals surface area (Å²) >= 11 is 1.47. The van der Waals surface area contributed by atoms with Gasteiger partial charge in [0.2, 0.25) is 15.9 Å². The molecule has 0 atom stereocenters. The number of nitrogens with one attached hydrogen (secondary N) is 1. The van der Waals surface area contributed by atoms with Gasteiger partial charge in [-0.15, -0.1) is 11.8 Å². The lowest BCUT2D eigenvalue weighted by Crippen LogP contribution is -2.30. The molecular weight excluding hydrogens is 404 g/mol. The molecule has 152 valence electrons. The Balaban J connectivity index is 1.60. The molecule has 7 heteroatoms. The first-order valence-corrected chi connectivity index (χ1v) is 11.9. The second-order valence-electron chi connectivity index (χ2n) is 6.46. The van der Waals surface area contributed by atoms with Gasteiger partial charge in [0.25, 0.3) is 0 Å². The highest BCUT2D eigenvalue weighted by Crippen LogP contribution is 2.24. The van der Waals surface area contributed by atoms with Gasteiger partial charge in [-0.2, -0.15) is 4.31 Å². The lowest BCUT2D eigenvalue weighted by Gasteiger charge is -2.18. The maximum Gasteiger partial charge on any atom is 0.243 e. The number of rotatable bonds is 8. The number of anilines is 1. The van der Waals surface area contributed by atoms with Crippen molar-refractivity contribution in [2.24, 2.45) is 0 Å². The average Bonchev–Trinajstić information content (AvgIpc) is 2.73. The van der Waals surface area contributed by atoms with E-state index in [-0.39, 0.29) is 16.6 Å². The maximum atomic E-state index is 12.5. The Bertz CT molecular complexity index is 1090. The topological polar surface area (TPSA) is 66.5 Å². The summed E-state index contributed by atoms with van der Waals surface area (Å²) in [5.41, 5.74) is 0.576. The van der Waals surface area contributed by atoms with Crippen molar-refractivity contribution < 1.29 is 13.2 Å². The molecule has 0 saturated heterocycles. The molecule has 0 bridgehead atoms. The number of benzene rings is 3. The minimum atomic E-state index is -3.49. The number of carbonyl (C=O) groups is 1. The largest absolute Gasteiger partial charge is 0.325 e. The number of hydrogen-bond acceptors (Lipinski definition) is 4. The molecule has 0 spiro atoms. The van der Waals surface area contributed by atoms with Crippen LogP contribution in [-0.2, 0) is 14.8 Å². The Morgan fingerprint density at radius 2 is 1.59 bits per heavy atom. The molecule has 0 saturated carbocycles. The van der Waals surface area contributed by atoms with Crippen LogP contribution >= 0.6 is 11.8 Å². The van der Waals surface area contributed by atoms with E-state index in [1.54, 1.807) is 12.1 Å². The first kappa shape index (κ1) is 21.4. The Labute approximate surface area is 176 Å². The molecule has 0 heterocycles. The van der Waals surface area contributed by atoms with Crippen LogP contribution in [0.2, 0.25) is 0 Å². The molecule has 1 amide bonds. The van der Waals surface area contributed by atoms with Gasteiger partial charge in [0, 0.05) is 23.7 Å². The van der Waals surface area contributed by atoms with Crippen molar-refractivity contribution in [3.8, 4) is 0 Å². The highest BCUT2D eigenvalue weighted by Gasteiger charge is 2.21. The Hall–Kier alpha value is -2.35. The van der Waals surface area contributed by atoms with Gasteiger partial charge < -0.3 is 5.32 Å². The van der Waals surface area contributed by atoms with E-state index < -0.39 is 10.0 Å². The number of hydrogen-bond donors (Lipinski definition) is 1. The highest BCUT2D eigenvalue weighted by molar-refractivity contribution is 8.00. The third-order valence-electron chi connectivity index (χ3n) is 4.57. The minimum absolute atomic E-state index is 0.137. The van der Waals surface area contributed by atoms with Crippen LogP contribution < -0.4 is 5.32 Å². The summed E-state index contributed by atoms with van der Waals surface area (Å²) in [6.07, 6.45) is 0. The van der Waals surface area contributed by atoms with Crippen LogP contribution in [0, 0.1) is 0 Å². The predicted molar refractivity (Wildman–Crippen MR) is 120 cm³/mol. The molecule has 0 radical (unpaired) electrons. The van der Waals surface area contributed by atoms with Crippen LogP contribution in [0.25, 0.3) is 10.8 Å². The van der Waals surface area contributed by atoms with Crippen LogP contribution in [0.1, 0.15) is 13.8 Å². The van der Waals surface area contributed by atoms with E-state index in [2.05, 4.69) is 17.4 Å². The molecule has 0 aliphatic heterocycles. The number of nitrogens with zero attached hydrogens (tertiary/aromatic N) is 1. The molecule has 0 aliphatic rings. The van der Waals surface area contributed by atoms with Crippen LogP contribution in [0.3, 0.4) is 0 Å². The van der Waals surface area contributed by atoms with Crippen LogP contribution in [0.5, 0.6) is 0 Å². The molecule has 0 unspecified atom stereocenters. The van der Waals surface area contributed by atoms with E-state index in [1.165, 1.54) is 33.6 Å². The molecule has 0 aliphatic carbocycles. The standard InChI is InChI=1S/C22H24N2O3S2/c1-3-24(4-2)29(26,27)21-13-10-19(11-14-21)23-22(25)16-28-20-12-9-17-7-5-6-8-18(17)15-20/h5-15H,3-4,16H2,1-2H3,(H,23,25). The molecule has 0 fully saturated rings. The van der Waals surface area contributed by atoms with Gasteiger partial charge in [0.15, 0.2) is 0 Å². The summed E-state index contributed by atoms with van der Waals surface area (Å²) in [7, 11) is -3.49. The fourth-order valence-electron chi connectivity index (χ4n) is 3.03. The maximum absolute atomic E-state index is 12.5. The Morgan fingerprint density at radius 3 is 2.24 bits per heavy atom. The van der Waals surface area contributed by atoms with Gasteiger partial charge in [-0.25, -0.2) is 8.42 Å². The van der Waals surface area contributed by atoms with E-state index in [0.717, 1.165) is 10.3 Å². The van der Waals surface area contributed by atoms with Crippen molar-refractivity contribution in [3.63, 3.8) is 0 Å². The van der Waals surface area contributed by atoms with Crippen LogP contribution in [0.15, 0.2) is 76.5 Å². The zero-order chi connectivity index (χ0) is 20.9. The Morgan fingerprint density at radius 1 is 0.931 bits per heavy atom. The number of sulfonamides is 1. The van der Waals surface area contributed by atoms with Crippen molar-refractivity contribution in [1.82, 2.24) is 4.31 Å². The van der Waals surface area contributed by atoms with Gasteiger partial charge in [0.1, 0.15) is 0 Å². The van der Waals surface area contributed by atoms with Gasteiger partial charge in [-0.05, 0) is 47.2 Å². The third kappa shape index (κ3) is 5.18. The first-order valence-electron chi connectivity index (χ1n) is 9.45. The molecule has 5 nitrogen and oxygen atoms in total. The van der Waals surface area contributed by atoms with Gasteiger partial charge >= 0.3 is 0 Å². The second-order valence-corrected chi connectivity index (χ2v) is 9.45. The van der Waals surface area contributed by atoms with Gasteiger partial charge in [-0.1, -0.05) is 44.2 Å². The van der Waals surface area contributed by atoms with E-state index in [9.17, 15) is 13.2 Å². The molecule has 3 aromatic rings. The van der Waals surface area contributed by atoms with Gasteiger partial charge in [-0.3, -0.25) is 4.79 Å². The molecular formula is C22H24N2O3S2. The van der Waals surface area contributed by atoms with Crippen molar-refractivity contribution in [2.75, 3.05) is 24.2 Å². The smallest absolute Gasteiger partial charge is 0.243 e. The Kier molecular flexibility index (Phi) is 6.95. The van der Waals surface area contributed by atoms with Crippen LogP contribution in [-0.4, -0.2) is 37.5 Å². The predicted octanol–water partition coefficient (Wildman–Crippen LogP) is 4.60. The number of carbonyl (C=O) groups excluding carboxylic acids is 1. The normalized spacial score (nSPS) is 11.7. The van der Waals surface area contributed by atoms with Crippen molar-refractivity contribution in [2.45, 2.75) is 23.6 Å². The highest BCUT2D eigenvalue weighted by atomic mass is 32.2. The van der Waals surface area contributed by atoms with Crippen molar-refractivity contribution in [3.05, 3.63) is 66.7 Å². The SMILES string of the molecule is CCN(CC)S(=O)(=O)c1ccc(NC(=O)CSc2ccc3ccccc3c2)cc1. The monoisotopic (exact) mass is 428 g/mol. The molecule has 3 aromatic carbocycles. The van der Waals surface area contributed by atoms with Crippen molar-refractivity contribution in [1.29, 1.82) is 0 Å². The number of thioether (sulfide) groups is 1. The summed E-state index contributed by atoms with van der Waals surface area (Å²) in [6.45, 7) is 4.46. The van der Waals surface area contributed by atoms with Crippen LogP contribution in [0.4, 0.5) is 5.69 Å². The third-order valence-corrected chi connectivity index (χ3v) is 7.63. The first-order chi connectivity index (χ1) is 13.9. The molecule has 29 heavy (non-hydrogen) atoms. The van der Waals surface area contributed by atoms with E-state index in [0.29, 0.717) is 18.8 Å². The zero-order valence-corrected chi connectivity index (χ0v) is 18.1. The fraction of sp³-hybridized carbons (Fsp3) is 0.227. The minimum Gasteiger partial charge on any atom is -0.325 e. The summed E-state index contributed by atoms with van der Waals surface area (Å²) in [4.78, 5) is 13.5. The lowest BCUT2D eigenvalue weighted by molar-refractivity contribution is -0.113. The number of amides is 1. The van der Waals surface area contributed by atoms with Gasteiger partial charge in [0.05, 0.1) is 10.6 Å². The zero-order valence-electron chi connectivity index (χ0n) is 16.5. The fourth-order valence-corrected chi connectivity index (χ4v) is 5.23.